The van der Waals surface area contributed by atoms with Gasteiger partial charge in [0.05, 0.1) is 0 Å². The first-order chi connectivity index (χ1) is 12.4. The molecule has 2 amide bonds. The number of rotatable bonds is 9. The first-order valence-electron chi connectivity index (χ1n) is 8.70. The highest BCUT2D eigenvalue weighted by molar-refractivity contribution is 7.80. The van der Waals surface area contributed by atoms with Gasteiger partial charge in [-0.3, -0.25) is 20.4 Å². The normalized spacial score (nSPS) is 10.1. The zero-order chi connectivity index (χ0) is 19.4. The SMILES string of the molecule is CCCCCCCC(=O)NC(=S)NNC(=O)COc1ccc(Cl)cc1C. The molecule has 0 radical (unpaired) electrons. The Morgan fingerprint density at radius 1 is 1.12 bits per heavy atom. The molecule has 1 rings (SSSR count). The van der Waals surface area contributed by atoms with Crippen LogP contribution in [0.2, 0.25) is 5.02 Å². The van der Waals surface area contributed by atoms with Gasteiger partial charge in [0.1, 0.15) is 5.75 Å². The fourth-order valence-corrected chi connectivity index (χ4v) is 2.58. The van der Waals surface area contributed by atoms with Gasteiger partial charge in [0, 0.05) is 11.4 Å². The van der Waals surface area contributed by atoms with E-state index in [1.165, 1.54) is 12.8 Å². The lowest BCUT2D eigenvalue weighted by molar-refractivity contribution is -0.124. The third-order valence-corrected chi connectivity index (χ3v) is 4.01. The average molecular weight is 400 g/mol. The highest BCUT2D eigenvalue weighted by Gasteiger charge is 2.08. The van der Waals surface area contributed by atoms with Gasteiger partial charge < -0.3 is 10.1 Å². The molecule has 0 aliphatic rings. The molecule has 1 aromatic rings. The molecular weight excluding hydrogens is 374 g/mol. The zero-order valence-corrected chi connectivity index (χ0v) is 16.8. The summed E-state index contributed by atoms with van der Waals surface area (Å²) in [7, 11) is 0. The van der Waals surface area contributed by atoms with Crippen LogP contribution in [0.4, 0.5) is 0 Å². The molecule has 6 nitrogen and oxygen atoms in total. The van der Waals surface area contributed by atoms with Gasteiger partial charge >= 0.3 is 0 Å². The highest BCUT2D eigenvalue weighted by Crippen LogP contribution is 2.21. The second kappa shape index (κ2) is 12.5. The maximum absolute atomic E-state index is 11.8. The van der Waals surface area contributed by atoms with Crippen LogP contribution in [-0.2, 0) is 9.59 Å². The predicted octanol–water partition coefficient (Wildman–Crippen LogP) is 3.41. The van der Waals surface area contributed by atoms with Crippen molar-refractivity contribution in [3.05, 3.63) is 28.8 Å². The lowest BCUT2D eigenvalue weighted by Gasteiger charge is -2.12. The fourth-order valence-electron chi connectivity index (χ4n) is 2.19. The number of halogens is 1. The Balaban J connectivity index is 2.19. The first-order valence-corrected chi connectivity index (χ1v) is 9.48. The van der Waals surface area contributed by atoms with E-state index in [0.717, 1.165) is 24.8 Å². The van der Waals surface area contributed by atoms with E-state index in [4.69, 9.17) is 28.6 Å². The molecule has 0 fully saturated rings. The van der Waals surface area contributed by atoms with Crippen molar-refractivity contribution >= 4 is 40.7 Å². The van der Waals surface area contributed by atoms with E-state index < -0.39 is 5.91 Å². The minimum atomic E-state index is -0.421. The van der Waals surface area contributed by atoms with Gasteiger partial charge in [-0.15, -0.1) is 0 Å². The van der Waals surface area contributed by atoms with Crippen molar-refractivity contribution in [2.24, 2.45) is 0 Å². The van der Waals surface area contributed by atoms with Crippen molar-refractivity contribution in [2.45, 2.75) is 52.4 Å². The van der Waals surface area contributed by atoms with Crippen LogP contribution in [0.3, 0.4) is 0 Å². The number of hydrogen-bond acceptors (Lipinski definition) is 4. The minimum absolute atomic E-state index is 0.0552. The number of carbonyl (C=O) groups is 2. The molecule has 0 aliphatic heterocycles. The number of nitrogens with one attached hydrogen (secondary N) is 3. The molecule has 3 N–H and O–H groups in total. The van der Waals surface area contributed by atoms with Crippen molar-refractivity contribution in [3.63, 3.8) is 0 Å². The van der Waals surface area contributed by atoms with Gasteiger partial charge in [-0.05, 0) is 49.3 Å². The number of amides is 2. The Labute approximate surface area is 165 Å². The maximum Gasteiger partial charge on any atom is 0.276 e. The summed E-state index contributed by atoms with van der Waals surface area (Å²) in [5.41, 5.74) is 5.69. The van der Waals surface area contributed by atoms with E-state index in [9.17, 15) is 9.59 Å². The third-order valence-electron chi connectivity index (χ3n) is 3.57. The third kappa shape index (κ3) is 9.58. The van der Waals surface area contributed by atoms with Crippen LogP contribution >= 0.6 is 23.8 Å². The van der Waals surface area contributed by atoms with E-state index in [1.807, 2.05) is 6.92 Å². The van der Waals surface area contributed by atoms with E-state index >= 15 is 0 Å². The van der Waals surface area contributed by atoms with Crippen LogP contribution < -0.4 is 20.9 Å². The number of carbonyl (C=O) groups excluding carboxylic acids is 2. The Morgan fingerprint density at radius 2 is 1.85 bits per heavy atom. The molecule has 0 saturated heterocycles. The second-order valence-electron chi connectivity index (χ2n) is 5.91. The number of aryl methyl sites for hydroxylation is 1. The fraction of sp³-hybridized carbons (Fsp3) is 0.500. The first kappa shape index (κ1) is 22.2. The summed E-state index contributed by atoms with van der Waals surface area (Å²) in [4.78, 5) is 23.5. The van der Waals surface area contributed by atoms with Crippen molar-refractivity contribution in [1.82, 2.24) is 16.2 Å². The van der Waals surface area contributed by atoms with Crippen LogP contribution in [0, 0.1) is 6.92 Å². The largest absolute Gasteiger partial charge is 0.483 e. The van der Waals surface area contributed by atoms with E-state index in [-0.39, 0.29) is 17.6 Å². The quantitative estimate of drug-likeness (QED) is 0.337. The van der Waals surface area contributed by atoms with Gasteiger partial charge in [-0.2, -0.15) is 0 Å². The van der Waals surface area contributed by atoms with Gasteiger partial charge in [0.25, 0.3) is 5.91 Å². The second-order valence-corrected chi connectivity index (χ2v) is 6.76. The summed E-state index contributed by atoms with van der Waals surface area (Å²) in [5.74, 6) is -0.0136. The van der Waals surface area contributed by atoms with Gasteiger partial charge in [0.15, 0.2) is 11.7 Å². The van der Waals surface area contributed by atoms with Crippen LogP contribution in [0.15, 0.2) is 18.2 Å². The van der Waals surface area contributed by atoms with Crippen LogP contribution in [-0.4, -0.2) is 23.5 Å². The molecule has 0 aliphatic carbocycles. The summed E-state index contributed by atoms with van der Waals surface area (Å²) < 4.78 is 5.41. The lowest BCUT2D eigenvalue weighted by atomic mass is 10.1. The molecule has 0 heterocycles. The Kier molecular flexibility index (Phi) is 10.7. The Morgan fingerprint density at radius 3 is 2.54 bits per heavy atom. The van der Waals surface area contributed by atoms with Crippen molar-refractivity contribution < 1.29 is 14.3 Å². The molecule has 8 heteroatoms. The van der Waals surface area contributed by atoms with Gasteiger partial charge in [-0.1, -0.05) is 44.2 Å². The van der Waals surface area contributed by atoms with Crippen molar-refractivity contribution in [1.29, 1.82) is 0 Å². The molecule has 0 aromatic heterocycles. The number of thiocarbonyl (C=S) groups is 1. The Hall–Kier alpha value is -1.86. The summed E-state index contributed by atoms with van der Waals surface area (Å²) >= 11 is 10.8. The lowest BCUT2D eigenvalue weighted by Crippen LogP contribution is -2.49. The number of unbranched alkanes of at least 4 members (excludes halogenated alkanes) is 4. The van der Waals surface area contributed by atoms with Gasteiger partial charge in [0.2, 0.25) is 5.91 Å². The van der Waals surface area contributed by atoms with Crippen molar-refractivity contribution in [2.75, 3.05) is 6.61 Å². The van der Waals surface area contributed by atoms with E-state index in [2.05, 4.69) is 23.1 Å². The van der Waals surface area contributed by atoms with Crippen LogP contribution in [0.5, 0.6) is 5.75 Å². The highest BCUT2D eigenvalue weighted by atomic mass is 35.5. The molecule has 26 heavy (non-hydrogen) atoms. The molecule has 144 valence electrons. The van der Waals surface area contributed by atoms with Crippen molar-refractivity contribution in [3.8, 4) is 5.75 Å². The van der Waals surface area contributed by atoms with Gasteiger partial charge in [-0.25, -0.2) is 0 Å². The number of benzene rings is 1. The molecule has 0 bridgehead atoms. The van der Waals surface area contributed by atoms with E-state index in [0.29, 0.717) is 17.2 Å². The molecule has 0 unspecified atom stereocenters. The minimum Gasteiger partial charge on any atom is -0.483 e. The summed E-state index contributed by atoms with van der Waals surface area (Å²) in [6.07, 6.45) is 5.76. The number of hydrazine groups is 1. The topological polar surface area (TPSA) is 79.5 Å². The Bertz CT molecular complexity index is 626. The summed E-state index contributed by atoms with van der Waals surface area (Å²) in [6, 6.07) is 5.14. The number of ether oxygens (including phenoxy) is 1. The zero-order valence-electron chi connectivity index (χ0n) is 15.2. The molecule has 0 spiro atoms. The smallest absolute Gasteiger partial charge is 0.276 e. The molecule has 0 saturated carbocycles. The maximum atomic E-state index is 11.8. The summed E-state index contributed by atoms with van der Waals surface area (Å²) in [6.45, 7) is 3.79. The van der Waals surface area contributed by atoms with E-state index in [1.54, 1.807) is 18.2 Å². The molecule has 1 aromatic carbocycles. The average Bonchev–Trinajstić information content (AvgIpc) is 2.59. The monoisotopic (exact) mass is 399 g/mol. The standard InChI is InChI=1S/C18H26ClN3O3S/c1-3-4-5-6-7-8-16(23)20-18(26)22-21-17(24)12-25-15-10-9-14(19)11-13(15)2/h9-11H,3-8,12H2,1-2H3,(H,21,24)(H2,20,22,23,26). The predicted molar refractivity (Wildman–Crippen MR) is 107 cm³/mol. The van der Waals surface area contributed by atoms with Crippen LogP contribution in [0.1, 0.15) is 51.0 Å². The molecular formula is C18H26ClN3O3S. The molecule has 0 atom stereocenters. The summed E-state index contributed by atoms with van der Waals surface area (Å²) in [5, 5.41) is 3.19. The van der Waals surface area contributed by atoms with Crippen LogP contribution in [0.25, 0.3) is 0 Å². The number of hydrogen-bond donors (Lipinski definition) is 3.